The minimum absolute atomic E-state index is 0.144. The Balaban J connectivity index is 1.50. The summed E-state index contributed by atoms with van der Waals surface area (Å²) in [5.41, 5.74) is 1.78. The normalized spacial score (nSPS) is 16.9. The zero-order valence-corrected chi connectivity index (χ0v) is 18.1. The zero-order chi connectivity index (χ0) is 22.2. The zero-order valence-electron chi connectivity index (χ0n) is 17.3. The molecule has 164 valence electrons. The summed E-state index contributed by atoms with van der Waals surface area (Å²) in [5.74, 6) is 1.31. The van der Waals surface area contributed by atoms with Crippen molar-refractivity contribution in [1.82, 2.24) is 9.55 Å². The third kappa shape index (κ3) is 3.84. The van der Waals surface area contributed by atoms with E-state index in [1.54, 1.807) is 29.8 Å². The average molecular weight is 453 g/mol. The minimum atomic E-state index is -0.433. The number of nitrogens with zero attached hydrogens (tertiary/aromatic N) is 2. The molecule has 3 heterocycles. The molecule has 0 aliphatic carbocycles. The van der Waals surface area contributed by atoms with Crippen molar-refractivity contribution in [2.45, 2.75) is 23.2 Å². The lowest BCUT2D eigenvalue weighted by atomic mass is 9.86. The molecule has 2 aliphatic heterocycles. The van der Waals surface area contributed by atoms with E-state index < -0.39 is 5.92 Å². The number of nitrogens with one attached hydrogen (secondary N) is 1. The number of amides is 1. The molecule has 3 aromatic rings. The van der Waals surface area contributed by atoms with Crippen LogP contribution in [0.2, 0.25) is 0 Å². The average Bonchev–Trinajstić information content (AvgIpc) is 2.80. The van der Waals surface area contributed by atoms with Crippen LogP contribution < -0.4 is 20.3 Å². The number of aromatic nitrogens is 2. The number of ether oxygens (including phenoxy) is 2. The lowest BCUT2D eigenvalue weighted by Gasteiger charge is -2.28. The van der Waals surface area contributed by atoms with E-state index in [4.69, 9.17) is 9.47 Å². The maximum Gasteiger partial charge on any atom is 0.279 e. The van der Waals surface area contributed by atoms with E-state index in [-0.39, 0.29) is 23.7 Å². The van der Waals surface area contributed by atoms with Crippen molar-refractivity contribution in [3.05, 3.63) is 75.3 Å². The van der Waals surface area contributed by atoms with Gasteiger partial charge >= 0.3 is 0 Å². The summed E-state index contributed by atoms with van der Waals surface area (Å²) in [4.78, 5) is 29.9. The maximum atomic E-state index is 13.1. The Bertz CT molecular complexity index is 1260. The molecule has 0 spiro atoms. The first-order valence-electron chi connectivity index (χ1n) is 10.2. The van der Waals surface area contributed by atoms with E-state index in [2.05, 4.69) is 10.3 Å². The molecule has 0 saturated heterocycles. The second kappa shape index (κ2) is 8.31. The van der Waals surface area contributed by atoms with E-state index in [0.717, 1.165) is 11.1 Å². The Hall–Kier alpha value is -3.33. The van der Waals surface area contributed by atoms with Crippen molar-refractivity contribution in [3.8, 4) is 11.5 Å². The topological polar surface area (TPSA) is 82.5 Å². The number of carbonyl (C=O) groups is 1. The first-order valence-corrected chi connectivity index (χ1v) is 11.2. The van der Waals surface area contributed by atoms with Crippen molar-refractivity contribution >= 4 is 23.5 Å². The molecule has 9 heteroatoms. The summed E-state index contributed by atoms with van der Waals surface area (Å²) < 4.78 is 26.1. The third-order valence-electron chi connectivity index (χ3n) is 5.55. The largest absolute Gasteiger partial charge is 0.486 e. The molecule has 0 radical (unpaired) electrons. The maximum absolute atomic E-state index is 13.1. The molecular formula is C23H20FN3O4S. The number of benzene rings is 2. The molecule has 1 unspecified atom stereocenters. The van der Waals surface area contributed by atoms with Crippen molar-refractivity contribution in [3.63, 3.8) is 0 Å². The molecule has 0 saturated carbocycles. The van der Waals surface area contributed by atoms with E-state index in [1.165, 1.54) is 23.9 Å². The third-order valence-corrected chi connectivity index (χ3v) is 6.65. The van der Waals surface area contributed by atoms with Crippen LogP contribution in [0.4, 0.5) is 10.2 Å². The second-order valence-electron chi connectivity index (χ2n) is 7.64. The van der Waals surface area contributed by atoms with Gasteiger partial charge in [-0.05, 0) is 35.4 Å². The second-order valence-corrected chi connectivity index (χ2v) is 8.59. The minimum Gasteiger partial charge on any atom is -0.486 e. The SMILES string of the molecule is Cn1c(SCc2ccc(F)cc2)nc(=O)c2c1NC(=O)CC2c1ccc2c(c1)OCCO2. The molecule has 1 atom stereocenters. The van der Waals surface area contributed by atoms with Crippen LogP contribution in [0.25, 0.3) is 0 Å². The van der Waals surface area contributed by atoms with Gasteiger partial charge in [0.15, 0.2) is 16.7 Å². The van der Waals surface area contributed by atoms with E-state index >= 15 is 0 Å². The molecule has 1 aromatic heterocycles. The number of halogens is 1. The van der Waals surface area contributed by atoms with Gasteiger partial charge in [-0.15, -0.1) is 0 Å². The van der Waals surface area contributed by atoms with Gasteiger partial charge < -0.3 is 19.4 Å². The summed E-state index contributed by atoms with van der Waals surface area (Å²) in [5, 5.41) is 3.32. The van der Waals surface area contributed by atoms with Gasteiger partial charge in [0.2, 0.25) is 5.91 Å². The number of thioether (sulfide) groups is 1. The van der Waals surface area contributed by atoms with Gasteiger partial charge in [-0.1, -0.05) is 30.0 Å². The fourth-order valence-electron chi connectivity index (χ4n) is 3.95. The summed E-state index contributed by atoms with van der Waals surface area (Å²) in [7, 11) is 1.77. The van der Waals surface area contributed by atoms with Gasteiger partial charge in [-0.2, -0.15) is 4.98 Å². The number of hydrogen-bond acceptors (Lipinski definition) is 6. The van der Waals surface area contributed by atoms with Gasteiger partial charge in [-0.25, -0.2) is 4.39 Å². The number of hydrogen-bond donors (Lipinski definition) is 1. The first kappa shape index (κ1) is 20.6. The predicted molar refractivity (Wildman–Crippen MR) is 118 cm³/mol. The highest BCUT2D eigenvalue weighted by molar-refractivity contribution is 7.98. The molecule has 1 amide bonds. The van der Waals surface area contributed by atoms with Crippen molar-refractivity contribution in [1.29, 1.82) is 0 Å². The fourth-order valence-corrected chi connectivity index (χ4v) is 4.87. The van der Waals surface area contributed by atoms with Crippen LogP contribution >= 0.6 is 11.8 Å². The lowest BCUT2D eigenvalue weighted by molar-refractivity contribution is -0.116. The fraction of sp³-hybridized carbons (Fsp3) is 0.261. The predicted octanol–water partition coefficient (Wildman–Crippen LogP) is 3.46. The monoisotopic (exact) mass is 453 g/mol. The molecule has 1 N–H and O–H groups in total. The molecule has 0 bridgehead atoms. The van der Waals surface area contributed by atoms with Crippen LogP contribution in [0.3, 0.4) is 0 Å². The Labute approximate surface area is 187 Å². The van der Waals surface area contributed by atoms with Crippen molar-refractivity contribution < 1.29 is 18.7 Å². The Morgan fingerprint density at radius 3 is 2.66 bits per heavy atom. The highest BCUT2D eigenvalue weighted by Crippen LogP contribution is 2.40. The van der Waals surface area contributed by atoms with Crippen LogP contribution in [-0.4, -0.2) is 28.7 Å². The van der Waals surface area contributed by atoms with Crippen LogP contribution in [0.5, 0.6) is 11.5 Å². The van der Waals surface area contributed by atoms with Crippen LogP contribution in [0.15, 0.2) is 52.4 Å². The molecule has 0 fully saturated rings. The van der Waals surface area contributed by atoms with Gasteiger partial charge in [0.05, 0.1) is 5.56 Å². The highest BCUT2D eigenvalue weighted by atomic mass is 32.2. The smallest absolute Gasteiger partial charge is 0.279 e. The van der Waals surface area contributed by atoms with Crippen LogP contribution in [0, 0.1) is 5.82 Å². The summed E-state index contributed by atoms with van der Waals surface area (Å²) in [6, 6.07) is 11.7. The molecule has 7 nitrogen and oxygen atoms in total. The van der Waals surface area contributed by atoms with Crippen LogP contribution in [-0.2, 0) is 17.6 Å². The van der Waals surface area contributed by atoms with Crippen molar-refractivity contribution in [2.24, 2.45) is 7.05 Å². The standard InChI is InChI=1S/C23H20FN3O4S/c1-27-21-20(22(29)26-23(27)32-12-13-2-5-15(24)6-3-13)16(11-19(28)25-21)14-4-7-17-18(10-14)31-9-8-30-17/h2-7,10,16H,8-9,11-12H2,1H3,(H,25,28). The van der Waals surface area contributed by atoms with E-state index in [9.17, 15) is 14.0 Å². The highest BCUT2D eigenvalue weighted by Gasteiger charge is 2.32. The Morgan fingerprint density at radius 1 is 1.12 bits per heavy atom. The Morgan fingerprint density at radius 2 is 1.88 bits per heavy atom. The van der Waals surface area contributed by atoms with Gasteiger partial charge in [0.25, 0.3) is 5.56 Å². The van der Waals surface area contributed by atoms with Gasteiger partial charge in [-0.3, -0.25) is 9.59 Å². The first-order chi connectivity index (χ1) is 15.5. The summed E-state index contributed by atoms with van der Waals surface area (Å²) in [6.45, 7) is 0.944. The molecule has 32 heavy (non-hydrogen) atoms. The summed E-state index contributed by atoms with van der Waals surface area (Å²) >= 11 is 1.35. The van der Waals surface area contributed by atoms with Crippen molar-refractivity contribution in [2.75, 3.05) is 18.5 Å². The number of anilines is 1. The van der Waals surface area contributed by atoms with Crippen LogP contribution in [0.1, 0.15) is 29.0 Å². The molecule has 5 rings (SSSR count). The van der Waals surface area contributed by atoms with E-state index in [1.807, 2.05) is 12.1 Å². The Kier molecular flexibility index (Phi) is 5.34. The number of rotatable bonds is 4. The summed E-state index contributed by atoms with van der Waals surface area (Å²) in [6.07, 6.45) is 0.144. The molecule has 2 aromatic carbocycles. The molecular weight excluding hydrogens is 433 g/mol. The number of carbonyl (C=O) groups excluding carboxylic acids is 1. The molecule has 2 aliphatic rings. The van der Waals surface area contributed by atoms with Gasteiger partial charge in [0, 0.05) is 25.1 Å². The quantitative estimate of drug-likeness (QED) is 0.481. The van der Waals surface area contributed by atoms with E-state index in [0.29, 0.717) is 47.0 Å². The van der Waals surface area contributed by atoms with Gasteiger partial charge in [0.1, 0.15) is 24.8 Å². The number of fused-ring (bicyclic) bond motifs is 2. The lowest BCUT2D eigenvalue weighted by Crippen LogP contribution is -2.33.